The second-order valence-corrected chi connectivity index (χ2v) is 4.70. The minimum absolute atomic E-state index is 0.139. The zero-order valence-electron chi connectivity index (χ0n) is 10.4. The van der Waals surface area contributed by atoms with E-state index >= 15 is 0 Å². The molecule has 0 spiro atoms. The highest BCUT2D eigenvalue weighted by atomic mass is 35.5. The molecule has 2 aromatic carbocycles. The molecule has 2 rings (SSSR count). The van der Waals surface area contributed by atoms with E-state index in [1.165, 1.54) is 12.1 Å². The molecule has 0 heterocycles. The largest absolute Gasteiger partial charge is 0.396 e. The molecule has 0 unspecified atom stereocenters. The van der Waals surface area contributed by atoms with Crippen LogP contribution in [0.3, 0.4) is 0 Å². The molecule has 0 fully saturated rings. The van der Waals surface area contributed by atoms with Gasteiger partial charge in [0, 0.05) is 29.4 Å². The first kappa shape index (κ1) is 13.8. The van der Waals surface area contributed by atoms with Crippen molar-refractivity contribution < 1.29 is 9.50 Å². The number of rotatable bonds is 5. The first-order chi connectivity index (χ1) is 9.19. The summed E-state index contributed by atoms with van der Waals surface area (Å²) >= 11 is 5.84. The van der Waals surface area contributed by atoms with Gasteiger partial charge in [-0.15, -0.1) is 0 Å². The smallest absolute Gasteiger partial charge is 0.128 e. The number of hydrogen-bond donors (Lipinski definition) is 2. The minimum atomic E-state index is -0.270. The highest BCUT2D eigenvalue weighted by molar-refractivity contribution is 6.30. The molecule has 0 saturated heterocycles. The van der Waals surface area contributed by atoms with Crippen LogP contribution in [0.5, 0.6) is 0 Å². The van der Waals surface area contributed by atoms with Crippen LogP contribution < -0.4 is 5.32 Å². The van der Waals surface area contributed by atoms with Crippen molar-refractivity contribution in [3.05, 3.63) is 64.4 Å². The van der Waals surface area contributed by atoms with E-state index in [-0.39, 0.29) is 12.4 Å². The molecule has 0 aliphatic rings. The monoisotopic (exact) mass is 279 g/mol. The quantitative estimate of drug-likeness (QED) is 0.876. The number of nitrogens with one attached hydrogen (secondary N) is 1. The third-order valence-electron chi connectivity index (χ3n) is 2.85. The summed E-state index contributed by atoms with van der Waals surface area (Å²) in [6.07, 6.45) is 0.642. The van der Waals surface area contributed by atoms with Gasteiger partial charge in [-0.05, 0) is 42.3 Å². The zero-order chi connectivity index (χ0) is 13.7. The maximum absolute atomic E-state index is 13.5. The fourth-order valence-electron chi connectivity index (χ4n) is 1.79. The fourth-order valence-corrected chi connectivity index (χ4v) is 1.99. The lowest BCUT2D eigenvalue weighted by Gasteiger charge is -2.08. The van der Waals surface area contributed by atoms with Gasteiger partial charge >= 0.3 is 0 Å². The highest BCUT2D eigenvalue weighted by Crippen LogP contribution is 2.17. The summed E-state index contributed by atoms with van der Waals surface area (Å²) in [5.74, 6) is -0.270. The lowest BCUT2D eigenvalue weighted by atomic mass is 10.1. The third kappa shape index (κ3) is 3.94. The second kappa shape index (κ2) is 6.55. The van der Waals surface area contributed by atoms with Crippen LogP contribution in [0.4, 0.5) is 10.1 Å². The van der Waals surface area contributed by atoms with Crippen molar-refractivity contribution in [3.63, 3.8) is 0 Å². The SMILES string of the molecule is OCCc1ccc(NCc2cc(Cl)ccc2F)cc1. The summed E-state index contributed by atoms with van der Waals surface area (Å²) in [4.78, 5) is 0. The maximum atomic E-state index is 13.5. The van der Waals surface area contributed by atoms with Crippen molar-refractivity contribution in [2.45, 2.75) is 13.0 Å². The molecule has 0 aliphatic carbocycles. The Balaban J connectivity index is 2.00. The molecule has 100 valence electrons. The molecule has 0 radical (unpaired) electrons. The summed E-state index contributed by atoms with van der Waals surface area (Å²) in [7, 11) is 0. The molecular weight excluding hydrogens is 265 g/mol. The van der Waals surface area contributed by atoms with Crippen molar-refractivity contribution in [1.29, 1.82) is 0 Å². The van der Waals surface area contributed by atoms with E-state index in [9.17, 15) is 4.39 Å². The Morgan fingerprint density at radius 1 is 1.11 bits per heavy atom. The Hall–Kier alpha value is -1.58. The molecule has 2 aromatic rings. The predicted molar refractivity (Wildman–Crippen MR) is 76.0 cm³/mol. The molecule has 19 heavy (non-hydrogen) atoms. The number of anilines is 1. The van der Waals surface area contributed by atoms with Crippen molar-refractivity contribution in [2.24, 2.45) is 0 Å². The molecular formula is C15H15ClFNO. The van der Waals surface area contributed by atoms with Gasteiger partial charge in [0.25, 0.3) is 0 Å². The number of aliphatic hydroxyl groups is 1. The van der Waals surface area contributed by atoms with Crippen LogP contribution in [0.25, 0.3) is 0 Å². The highest BCUT2D eigenvalue weighted by Gasteiger charge is 2.03. The molecule has 0 saturated carbocycles. The topological polar surface area (TPSA) is 32.3 Å². The molecule has 0 bridgehead atoms. The summed E-state index contributed by atoms with van der Waals surface area (Å²) in [5.41, 5.74) is 2.51. The van der Waals surface area contributed by atoms with Crippen LogP contribution in [-0.2, 0) is 13.0 Å². The van der Waals surface area contributed by atoms with Gasteiger partial charge in [-0.2, -0.15) is 0 Å². The first-order valence-corrected chi connectivity index (χ1v) is 6.44. The Labute approximate surface area is 116 Å². The lowest BCUT2D eigenvalue weighted by molar-refractivity contribution is 0.299. The van der Waals surface area contributed by atoms with Gasteiger partial charge < -0.3 is 10.4 Å². The summed E-state index contributed by atoms with van der Waals surface area (Å²) in [5, 5.41) is 12.5. The Morgan fingerprint density at radius 2 is 1.84 bits per heavy atom. The molecule has 2 nitrogen and oxygen atoms in total. The van der Waals surface area contributed by atoms with E-state index in [0.717, 1.165) is 11.3 Å². The average Bonchev–Trinajstić information content (AvgIpc) is 2.42. The number of halogens is 2. The molecule has 0 aliphatic heterocycles. The van der Waals surface area contributed by atoms with Gasteiger partial charge in [0.15, 0.2) is 0 Å². The number of benzene rings is 2. The van der Waals surface area contributed by atoms with Crippen molar-refractivity contribution >= 4 is 17.3 Å². The first-order valence-electron chi connectivity index (χ1n) is 6.06. The minimum Gasteiger partial charge on any atom is -0.396 e. The average molecular weight is 280 g/mol. The van der Waals surface area contributed by atoms with Crippen molar-refractivity contribution in [1.82, 2.24) is 0 Å². The van der Waals surface area contributed by atoms with Crippen molar-refractivity contribution in [2.75, 3.05) is 11.9 Å². The summed E-state index contributed by atoms with van der Waals surface area (Å²) in [6, 6.07) is 12.2. The normalized spacial score (nSPS) is 10.5. The van der Waals surface area contributed by atoms with Gasteiger partial charge in [-0.25, -0.2) is 4.39 Å². The Bertz CT molecular complexity index is 542. The molecule has 4 heteroatoms. The van der Waals surface area contributed by atoms with E-state index in [2.05, 4.69) is 5.32 Å². The maximum Gasteiger partial charge on any atom is 0.128 e. The molecule has 0 amide bonds. The molecule has 0 atom stereocenters. The Kier molecular flexibility index (Phi) is 4.77. The van der Waals surface area contributed by atoms with E-state index in [4.69, 9.17) is 16.7 Å². The van der Waals surface area contributed by atoms with Gasteiger partial charge in [-0.1, -0.05) is 23.7 Å². The molecule has 2 N–H and O–H groups in total. The van der Waals surface area contributed by atoms with Gasteiger partial charge in [0.1, 0.15) is 5.82 Å². The Morgan fingerprint density at radius 3 is 2.53 bits per heavy atom. The lowest BCUT2D eigenvalue weighted by Crippen LogP contribution is -2.02. The number of hydrogen-bond acceptors (Lipinski definition) is 2. The van der Waals surface area contributed by atoms with Crippen LogP contribution in [0, 0.1) is 5.82 Å². The standard InChI is InChI=1S/C15H15ClFNO/c16-13-3-6-15(17)12(9-13)10-18-14-4-1-11(2-5-14)7-8-19/h1-6,9,18-19H,7-8,10H2. The number of aliphatic hydroxyl groups excluding tert-OH is 1. The fraction of sp³-hybridized carbons (Fsp3) is 0.200. The summed E-state index contributed by atoms with van der Waals surface area (Å²) in [6.45, 7) is 0.520. The third-order valence-corrected chi connectivity index (χ3v) is 3.08. The second-order valence-electron chi connectivity index (χ2n) is 4.26. The van der Waals surface area contributed by atoms with Crippen LogP contribution >= 0.6 is 11.6 Å². The van der Waals surface area contributed by atoms with Crippen LogP contribution in [-0.4, -0.2) is 11.7 Å². The predicted octanol–water partition coefficient (Wildman–Crippen LogP) is 3.63. The molecule has 0 aromatic heterocycles. The van der Waals surface area contributed by atoms with E-state index in [0.29, 0.717) is 23.6 Å². The summed E-state index contributed by atoms with van der Waals surface area (Å²) < 4.78 is 13.5. The van der Waals surface area contributed by atoms with E-state index in [1.807, 2.05) is 24.3 Å². The van der Waals surface area contributed by atoms with Gasteiger partial charge in [0.05, 0.1) is 0 Å². The van der Waals surface area contributed by atoms with Gasteiger partial charge in [0.2, 0.25) is 0 Å². The van der Waals surface area contributed by atoms with Crippen LogP contribution in [0.15, 0.2) is 42.5 Å². The zero-order valence-corrected chi connectivity index (χ0v) is 11.1. The van der Waals surface area contributed by atoms with E-state index in [1.54, 1.807) is 6.07 Å². The van der Waals surface area contributed by atoms with Crippen LogP contribution in [0.2, 0.25) is 5.02 Å². The van der Waals surface area contributed by atoms with Crippen molar-refractivity contribution in [3.8, 4) is 0 Å². The van der Waals surface area contributed by atoms with E-state index < -0.39 is 0 Å². The van der Waals surface area contributed by atoms with Gasteiger partial charge in [-0.3, -0.25) is 0 Å². The van der Waals surface area contributed by atoms with Crippen LogP contribution in [0.1, 0.15) is 11.1 Å².